The molecule has 2 aromatic rings. The Labute approximate surface area is 160 Å². The molecule has 0 aliphatic carbocycles. The summed E-state index contributed by atoms with van der Waals surface area (Å²) in [6.45, 7) is 0.0911. The van der Waals surface area contributed by atoms with Crippen LogP contribution in [0.25, 0.3) is 6.08 Å². The zero-order valence-electron chi connectivity index (χ0n) is 14.4. The molecule has 1 heterocycles. The number of benzene rings is 2. The molecule has 1 fully saturated rings. The third-order valence-electron chi connectivity index (χ3n) is 3.82. The fourth-order valence-corrected chi connectivity index (χ4v) is 3.69. The molecule has 134 valence electrons. The minimum absolute atomic E-state index is 0.0911. The molecule has 2 amide bonds. The van der Waals surface area contributed by atoms with Crippen molar-refractivity contribution in [2.75, 3.05) is 25.4 Å². The third-order valence-corrected chi connectivity index (χ3v) is 5.47. The minimum atomic E-state index is -0.295. The molecule has 0 saturated carbocycles. The molecule has 0 bridgehead atoms. The van der Waals surface area contributed by atoms with Crippen LogP contribution in [0.5, 0.6) is 5.75 Å². The van der Waals surface area contributed by atoms with Gasteiger partial charge in [-0.1, -0.05) is 24.3 Å². The zero-order chi connectivity index (χ0) is 18.5. The number of rotatable bonds is 6. The van der Waals surface area contributed by atoms with Crippen molar-refractivity contribution in [1.29, 1.82) is 0 Å². The highest BCUT2D eigenvalue weighted by Gasteiger charge is 2.34. The van der Waals surface area contributed by atoms with E-state index in [4.69, 9.17) is 4.74 Å². The topological polar surface area (TPSA) is 58.6 Å². The first-order valence-corrected chi connectivity index (χ1v) is 9.93. The summed E-state index contributed by atoms with van der Waals surface area (Å²) in [5.41, 5.74) is 1.62. The molecule has 0 atom stereocenters. The fraction of sp³-hybridized carbons (Fsp3) is 0.158. The van der Waals surface area contributed by atoms with Crippen LogP contribution < -0.4 is 10.1 Å². The highest BCUT2D eigenvalue weighted by atomic mass is 32.2. The first kappa shape index (κ1) is 18.4. The summed E-state index contributed by atoms with van der Waals surface area (Å²) in [6.07, 6.45) is 3.76. The van der Waals surface area contributed by atoms with Gasteiger partial charge >= 0.3 is 0 Å². The predicted molar refractivity (Wildman–Crippen MR) is 108 cm³/mol. The lowest BCUT2D eigenvalue weighted by Crippen LogP contribution is -2.33. The molecule has 1 N–H and O–H groups in total. The van der Waals surface area contributed by atoms with Gasteiger partial charge in [-0.05, 0) is 53.9 Å². The summed E-state index contributed by atoms with van der Waals surface area (Å²) in [4.78, 5) is 27.5. The van der Waals surface area contributed by atoms with Crippen LogP contribution in [-0.2, 0) is 4.79 Å². The van der Waals surface area contributed by atoms with Crippen LogP contribution >= 0.6 is 23.5 Å². The zero-order valence-corrected chi connectivity index (χ0v) is 16.0. The van der Waals surface area contributed by atoms with E-state index in [9.17, 15) is 9.59 Å². The third kappa shape index (κ3) is 4.05. The Bertz CT molecular complexity index is 850. The first-order valence-electron chi connectivity index (χ1n) is 7.88. The van der Waals surface area contributed by atoms with E-state index >= 15 is 0 Å². The Morgan fingerprint density at radius 1 is 1.15 bits per heavy atom. The van der Waals surface area contributed by atoms with E-state index < -0.39 is 0 Å². The van der Waals surface area contributed by atoms with Crippen LogP contribution in [-0.4, -0.2) is 36.1 Å². The van der Waals surface area contributed by atoms with Crippen molar-refractivity contribution in [3.05, 3.63) is 59.0 Å². The van der Waals surface area contributed by atoms with Gasteiger partial charge < -0.3 is 10.1 Å². The summed E-state index contributed by atoms with van der Waals surface area (Å²) in [5, 5.41) is 2.79. The Morgan fingerprint density at radius 3 is 2.58 bits per heavy atom. The molecule has 2 aromatic carbocycles. The van der Waals surface area contributed by atoms with Gasteiger partial charge in [0.25, 0.3) is 11.1 Å². The lowest BCUT2D eigenvalue weighted by atomic mass is 10.2. The number of carbonyl (C=O) groups excluding carboxylic acids is 2. The molecule has 3 rings (SSSR count). The molecule has 0 unspecified atom stereocenters. The van der Waals surface area contributed by atoms with Gasteiger partial charge in [-0.3, -0.25) is 14.5 Å². The summed E-state index contributed by atoms with van der Waals surface area (Å²) in [6, 6.07) is 15.2. The molecular formula is C19H18N2O3S2. The number of hydrogen-bond acceptors (Lipinski definition) is 6. The van der Waals surface area contributed by atoms with Crippen LogP contribution in [0, 0.1) is 0 Å². The Balaban J connectivity index is 1.71. The van der Waals surface area contributed by atoms with Crippen molar-refractivity contribution < 1.29 is 14.3 Å². The Morgan fingerprint density at radius 2 is 1.88 bits per heavy atom. The second-order valence-corrected chi connectivity index (χ2v) is 7.29. The van der Waals surface area contributed by atoms with Crippen molar-refractivity contribution in [3.8, 4) is 5.75 Å². The first-order chi connectivity index (χ1) is 12.6. The number of anilines is 1. The number of imide groups is 1. The molecule has 7 heteroatoms. The number of methoxy groups -OCH3 is 1. The number of ether oxygens (including phenoxy) is 1. The van der Waals surface area contributed by atoms with Crippen molar-refractivity contribution in [2.45, 2.75) is 4.90 Å². The number of nitrogens with one attached hydrogen (secondary N) is 1. The number of para-hydroxylation sites is 2. The molecule has 5 nitrogen and oxygen atoms in total. The van der Waals surface area contributed by atoms with E-state index in [0.29, 0.717) is 10.7 Å². The van der Waals surface area contributed by atoms with Gasteiger partial charge in [0.15, 0.2) is 0 Å². The minimum Gasteiger partial charge on any atom is -0.495 e. The van der Waals surface area contributed by atoms with E-state index in [1.54, 1.807) is 24.9 Å². The van der Waals surface area contributed by atoms with Gasteiger partial charge in [-0.25, -0.2) is 0 Å². The lowest BCUT2D eigenvalue weighted by molar-refractivity contribution is -0.122. The fourth-order valence-electron chi connectivity index (χ4n) is 2.44. The van der Waals surface area contributed by atoms with E-state index in [0.717, 1.165) is 27.9 Å². The molecule has 1 saturated heterocycles. The van der Waals surface area contributed by atoms with Crippen molar-refractivity contribution in [3.63, 3.8) is 0 Å². The largest absolute Gasteiger partial charge is 0.495 e. The predicted octanol–water partition coefficient (Wildman–Crippen LogP) is 4.52. The quantitative estimate of drug-likeness (QED) is 0.582. The molecule has 26 heavy (non-hydrogen) atoms. The van der Waals surface area contributed by atoms with Crippen molar-refractivity contribution in [2.24, 2.45) is 0 Å². The van der Waals surface area contributed by atoms with E-state index in [2.05, 4.69) is 5.32 Å². The Hall–Kier alpha value is -2.38. The van der Waals surface area contributed by atoms with Gasteiger partial charge in [0.2, 0.25) is 0 Å². The number of hydrogen-bond donors (Lipinski definition) is 1. The normalized spacial score (nSPS) is 15.6. The van der Waals surface area contributed by atoms with Crippen molar-refractivity contribution >= 4 is 46.4 Å². The number of nitrogens with zero attached hydrogens (tertiary/aromatic N) is 1. The number of amides is 2. The maximum absolute atomic E-state index is 12.6. The van der Waals surface area contributed by atoms with Crippen LogP contribution in [0.15, 0.2) is 58.3 Å². The van der Waals surface area contributed by atoms with Gasteiger partial charge in [-0.2, -0.15) is 0 Å². The van der Waals surface area contributed by atoms with E-state index in [1.165, 1.54) is 4.90 Å². The monoisotopic (exact) mass is 386 g/mol. The maximum Gasteiger partial charge on any atom is 0.295 e. The average Bonchev–Trinajstić information content (AvgIpc) is 2.94. The SMILES string of the molecule is COc1ccccc1NCN1C(=O)S/C(=C\c2ccc(SC)cc2)C1=O. The summed E-state index contributed by atoms with van der Waals surface area (Å²) in [5.74, 6) is 0.361. The van der Waals surface area contributed by atoms with Crippen molar-refractivity contribution in [1.82, 2.24) is 4.90 Å². The molecule has 0 radical (unpaired) electrons. The number of carbonyl (C=O) groups is 2. The van der Waals surface area contributed by atoms with Crippen LogP contribution in [0.1, 0.15) is 5.56 Å². The smallest absolute Gasteiger partial charge is 0.295 e. The molecule has 0 spiro atoms. The molecular weight excluding hydrogens is 368 g/mol. The summed E-state index contributed by atoms with van der Waals surface area (Å²) >= 11 is 2.61. The van der Waals surface area contributed by atoms with E-state index in [-0.39, 0.29) is 17.8 Å². The molecule has 1 aliphatic heterocycles. The summed E-state index contributed by atoms with van der Waals surface area (Å²) < 4.78 is 5.26. The van der Waals surface area contributed by atoms with Crippen LogP contribution in [0.3, 0.4) is 0 Å². The van der Waals surface area contributed by atoms with Gasteiger partial charge in [0.05, 0.1) is 24.4 Å². The van der Waals surface area contributed by atoms with E-state index in [1.807, 2.05) is 54.8 Å². The second kappa shape index (κ2) is 8.33. The highest BCUT2D eigenvalue weighted by Crippen LogP contribution is 2.33. The standard InChI is InChI=1S/C19H18N2O3S2/c1-24-16-6-4-3-5-15(16)20-12-21-18(22)17(26-19(21)23)11-13-7-9-14(25-2)10-8-13/h3-11,20H,12H2,1-2H3/b17-11-. The molecule has 0 aromatic heterocycles. The Kier molecular flexibility index (Phi) is 5.90. The highest BCUT2D eigenvalue weighted by molar-refractivity contribution is 8.18. The van der Waals surface area contributed by atoms with Crippen LogP contribution in [0.2, 0.25) is 0 Å². The van der Waals surface area contributed by atoms with Gasteiger partial charge in [-0.15, -0.1) is 11.8 Å². The number of thioether (sulfide) groups is 2. The summed E-state index contributed by atoms with van der Waals surface area (Å²) in [7, 11) is 1.58. The lowest BCUT2D eigenvalue weighted by Gasteiger charge is -2.16. The average molecular weight is 386 g/mol. The van der Waals surface area contributed by atoms with Crippen LogP contribution in [0.4, 0.5) is 10.5 Å². The van der Waals surface area contributed by atoms with Gasteiger partial charge in [0.1, 0.15) is 5.75 Å². The van der Waals surface area contributed by atoms with Gasteiger partial charge in [0, 0.05) is 4.90 Å². The molecule has 1 aliphatic rings. The second-order valence-electron chi connectivity index (χ2n) is 5.42. The maximum atomic E-state index is 12.6.